The van der Waals surface area contributed by atoms with E-state index in [9.17, 15) is 4.79 Å². The van der Waals surface area contributed by atoms with E-state index in [1.54, 1.807) is 18.7 Å². The summed E-state index contributed by atoms with van der Waals surface area (Å²) < 4.78 is 0. The Morgan fingerprint density at radius 2 is 1.75 bits per heavy atom. The lowest BCUT2D eigenvalue weighted by atomic mass is 10.1. The van der Waals surface area contributed by atoms with Gasteiger partial charge >= 0.3 is 0 Å². The molecule has 1 atom stereocenters. The number of rotatable bonds is 5. The van der Waals surface area contributed by atoms with Crippen LogP contribution in [0.25, 0.3) is 0 Å². The molecular formula is C17H19NOS. The van der Waals surface area contributed by atoms with Gasteiger partial charge in [-0.2, -0.15) is 0 Å². The van der Waals surface area contributed by atoms with Gasteiger partial charge in [0.2, 0.25) is 5.91 Å². The fraction of sp³-hybridized carbons (Fsp3) is 0.235. The number of hydrogen-bond acceptors (Lipinski definition) is 2. The summed E-state index contributed by atoms with van der Waals surface area (Å²) in [6.07, 6.45) is 0. The number of benzene rings is 2. The largest absolute Gasteiger partial charge is 0.350 e. The van der Waals surface area contributed by atoms with Crippen molar-refractivity contribution >= 4 is 17.7 Å². The second kappa shape index (κ2) is 7.15. The van der Waals surface area contributed by atoms with Crippen LogP contribution < -0.4 is 5.32 Å². The fourth-order valence-electron chi connectivity index (χ4n) is 2.09. The maximum atomic E-state index is 11.2. The van der Waals surface area contributed by atoms with Crippen LogP contribution in [0.15, 0.2) is 59.5 Å². The summed E-state index contributed by atoms with van der Waals surface area (Å²) in [4.78, 5) is 12.4. The van der Waals surface area contributed by atoms with E-state index in [-0.39, 0.29) is 11.9 Å². The van der Waals surface area contributed by atoms with Crippen molar-refractivity contribution in [2.45, 2.75) is 30.5 Å². The number of thioether (sulfide) groups is 1. The molecule has 0 aliphatic rings. The molecule has 0 bridgehead atoms. The van der Waals surface area contributed by atoms with Crippen molar-refractivity contribution in [2.24, 2.45) is 0 Å². The van der Waals surface area contributed by atoms with E-state index in [0.717, 1.165) is 5.75 Å². The molecule has 0 aliphatic carbocycles. The normalized spacial score (nSPS) is 11.9. The molecule has 0 aromatic heterocycles. The minimum Gasteiger partial charge on any atom is -0.350 e. The van der Waals surface area contributed by atoms with E-state index >= 15 is 0 Å². The minimum atomic E-state index is 0.000336. The monoisotopic (exact) mass is 285 g/mol. The van der Waals surface area contributed by atoms with Crippen LogP contribution in [-0.4, -0.2) is 5.91 Å². The van der Waals surface area contributed by atoms with Crippen LogP contribution in [0.5, 0.6) is 0 Å². The van der Waals surface area contributed by atoms with Crippen molar-refractivity contribution in [3.63, 3.8) is 0 Å². The van der Waals surface area contributed by atoms with Gasteiger partial charge in [-0.3, -0.25) is 4.79 Å². The molecule has 1 amide bonds. The Morgan fingerprint density at radius 3 is 2.45 bits per heavy atom. The first-order valence-corrected chi connectivity index (χ1v) is 7.68. The first-order valence-electron chi connectivity index (χ1n) is 6.69. The summed E-state index contributed by atoms with van der Waals surface area (Å²) in [5.74, 6) is 0.935. The van der Waals surface area contributed by atoms with Crippen LogP contribution >= 0.6 is 11.8 Å². The van der Waals surface area contributed by atoms with Gasteiger partial charge in [-0.25, -0.2) is 0 Å². The molecule has 0 saturated carbocycles. The van der Waals surface area contributed by atoms with Crippen molar-refractivity contribution in [3.8, 4) is 0 Å². The molecular weight excluding hydrogens is 266 g/mol. The van der Waals surface area contributed by atoms with Crippen LogP contribution in [-0.2, 0) is 10.5 Å². The number of nitrogens with one attached hydrogen (secondary N) is 1. The molecule has 104 valence electrons. The molecule has 2 aromatic rings. The average Bonchev–Trinajstić information content (AvgIpc) is 2.46. The number of carbonyl (C=O) groups is 1. The molecule has 2 nitrogen and oxygen atoms in total. The number of hydrogen-bond donors (Lipinski definition) is 1. The van der Waals surface area contributed by atoms with Crippen LogP contribution in [0.4, 0.5) is 0 Å². The van der Waals surface area contributed by atoms with E-state index in [1.165, 1.54) is 16.0 Å². The summed E-state index contributed by atoms with van der Waals surface area (Å²) in [7, 11) is 0. The summed E-state index contributed by atoms with van der Waals surface area (Å²) >= 11 is 1.80. The van der Waals surface area contributed by atoms with Gasteiger partial charge in [0.15, 0.2) is 0 Å². The molecule has 3 heteroatoms. The highest BCUT2D eigenvalue weighted by atomic mass is 32.2. The lowest BCUT2D eigenvalue weighted by Gasteiger charge is -2.16. The van der Waals surface area contributed by atoms with Crippen LogP contribution in [0, 0.1) is 0 Å². The molecule has 0 fully saturated rings. The summed E-state index contributed by atoms with van der Waals surface area (Å²) in [6, 6.07) is 18.7. The van der Waals surface area contributed by atoms with Crippen molar-refractivity contribution < 1.29 is 4.79 Å². The quantitative estimate of drug-likeness (QED) is 0.835. The Balaban J connectivity index is 2.09. The smallest absolute Gasteiger partial charge is 0.217 e. The van der Waals surface area contributed by atoms with E-state index < -0.39 is 0 Å². The SMILES string of the molecule is CC(=O)NC(C)c1ccccc1SCc1ccccc1. The first-order chi connectivity index (χ1) is 9.66. The lowest BCUT2D eigenvalue weighted by Crippen LogP contribution is -2.23. The molecule has 0 aliphatic heterocycles. The van der Waals surface area contributed by atoms with Gasteiger partial charge < -0.3 is 5.32 Å². The van der Waals surface area contributed by atoms with Crippen LogP contribution in [0.1, 0.15) is 31.0 Å². The predicted molar refractivity (Wildman–Crippen MR) is 84.7 cm³/mol. The van der Waals surface area contributed by atoms with Gasteiger partial charge in [0.25, 0.3) is 0 Å². The first kappa shape index (κ1) is 14.7. The Bertz CT molecular complexity index is 568. The molecule has 0 heterocycles. The summed E-state index contributed by atoms with van der Waals surface area (Å²) in [6.45, 7) is 3.57. The molecule has 2 rings (SSSR count). The molecule has 0 spiro atoms. The maximum Gasteiger partial charge on any atom is 0.217 e. The van der Waals surface area contributed by atoms with Crippen LogP contribution in [0.2, 0.25) is 0 Å². The van der Waals surface area contributed by atoms with E-state index in [1.807, 2.05) is 25.1 Å². The van der Waals surface area contributed by atoms with Crippen molar-refractivity contribution in [1.29, 1.82) is 0 Å². The molecule has 2 aromatic carbocycles. The average molecular weight is 285 g/mol. The molecule has 20 heavy (non-hydrogen) atoms. The molecule has 1 N–H and O–H groups in total. The third-order valence-corrected chi connectivity index (χ3v) is 4.20. The number of carbonyl (C=O) groups excluding carboxylic acids is 1. The molecule has 0 radical (unpaired) electrons. The highest BCUT2D eigenvalue weighted by Gasteiger charge is 2.11. The molecule has 1 unspecified atom stereocenters. The standard InChI is InChI=1S/C17H19NOS/c1-13(18-14(2)19)16-10-6-7-11-17(16)20-12-15-8-4-3-5-9-15/h3-11,13H,12H2,1-2H3,(H,18,19). The van der Waals surface area contributed by atoms with Gasteiger partial charge in [-0.1, -0.05) is 48.5 Å². The topological polar surface area (TPSA) is 29.1 Å². The summed E-state index contributed by atoms with van der Waals surface area (Å²) in [5, 5.41) is 2.95. The van der Waals surface area contributed by atoms with Crippen molar-refractivity contribution in [1.82, 2.24) is 5.32 Å². The van der Waals surface area contributed by atoms with Crippen molar-refractivity contribution in [3.05, 3.63) is 65.7 Å². The van der Waals surface area contributed by atoms with E-state index in [2.05, 4.69) is 41.7 Å². The Morgan fingerprint density at radius 1 is 1.10 bits per heavy atom. The van der Waals surface area contributed by atoms with Gasteiger partial charge in [0.05, 0.1) is 6.04 Å². The molecule has 0 saturated heterocycles. The predicted octanol–water partition coefficient (Wildman–Crippen LogP) is 4.18. The second-order valence-corrected chi connectivity index (χ2v) is 5.75. The number of amides is 1. The highest BCUT2D eigenvalue weighted by molar-refractivity contribution is 7.98. The van der Waals surface area contributed by atoms with Gasteiger partial charge in [0.1, 0.15) is 0 Å². The zero-order valence-corrected chi connectivity index (χ0v) is 12.6. The summed E-state index contributed by atoms with van der Waals surface area (Å²) in [5.41, 5.74) is 2.48. The maximum absolute atomic E-state index is 11.2. The lowest BCUT2D eigenvalue weighted by molar-refractivity contribution is -0.119. The third kappa shape index (κ3) is 4.14. The Labute approximate surface area is 124 Å². The van der Waals surface area contributed by atoms with Gasteiger partial charge in [-0.05, 0) is 24.1 Å². The zero-order chi connectivity index (χ0) is 14.4. The van der Waals surface area contributed by atoms with Gasteiger partial charge in [-0.15, -0.1) is 11.8 Å². The Hall–Kier alpha value is -1.74. The minimum absolute atomic E-state index is 0.000336. The Kier molecular flexibility index (Phi) is 5.24. The van der Waals surface area contributed by atoms with E-state index in [0.29, 0.717) is 0 Å². The second-order valence-electron chi connectivity index (χ2n) is 4.73. The van der Waals surface area contributed by atoms with Crippen molar-refractivity contribution in [2.75, 3.05) is 0 Å². The fourth-order valence-corrected chi connectivity index (χ4v) is 3.19. The third-order valence-electron chi connectivity index (χ3n) is 3.04. The van der Waals surface area contributed by atoms with Crippen LogP contribution in [0.3, 0.4) is 0 Å². The highest BCUT2D eigenvalue weighted by Crippen LogP contribution is 2.29. The zero-order valence-electron chi connectivity index (χ0n) is 11.8. The van der Waals surface area contributed by atoms with Gasteiger partial charge in [0, 0.05) is 17.6 Å². The van der Waals surface area contributed by atoms with E-state index in [4.69, 9.17) is 0 Å².